The Balaban J connectivity index is 1.46. The smallest absolute Gasteiger partial charge is 0.255 e. The molecule has 1 spiro atoms. The van der Waals surface area contributed by atoms with Crippen molar-refractivity contribution < 1.29 is 14.4 Å². The van der Waals surface area contributed by atoms with E-state index in [0.717, 1.165) is 30.9 Å². The molecule has 0 aliphatic carbocycles. The number of anilines is 1. The maximum Gasteiger partial charge on any atom is 0.255 e. The van der Waals surface area contributed by atoms with Crippen LogP contribution in [-0.2, 0) is 16.1 Å². The summed E-state index contributed by atoms with van der Waals surface area (Å²) in [5.41, 5.74) is 3.04. The summed E-state index contributed by atoms with van der Waals surface area (Å²) in [4.78, 5) is 40.5. The van der Waals surface area contributed by atoms with Crippen molar-refractivity contribution in [2.75, 3.05) is 24.5 Å². The third-order valence-corrected chi connectivity index (χ3v) is 6.13. The summed E-state index contributed by atoms with van der Waals surface area (Å²) in [7, 11) is 0. The Bertz CT molecular complexity index is 796. The Morgan fingerprint density at radius 1 is 1.16 bits per heavy atom. The standard InChI is InChI=1S/C18H20N4O3/c23-15-5-4-14(16(24)20-15)21-8-12-11(17(21)25)2-1-3-13(12)22-7-6-18(22)9-19-10-18/h1-3,14,19H,4-10H2,(H,20,23,24)/t14-/m1/s1. The van der Waals surface area contributed by atoms with E-state index in [4.69, 9.17) is 0 Å². The summed E-state index contributed by atoms with van der Waals surface area (Å²) in [5, 5.41) is 5.70. The number of amides is 3. The largest absolute Gasteiger partial charge is 0.363 e. The molecule has 1 aromatic rings. The molecule has 2 N–H and O–H groups in total. The van der Waals surface area contributed by atoms with Crippen molar-refractivity contribution in [1.29, 1.82) is 0 Å². The van der Waals surface area contributed by atoms with Crippen molar-refractivity contribution in [1.82, 2.24) is 15.5 Å². The minimum atomic E-state index is -0.554. The normalized spacial score (nSPS) is 27.0. The van der Waals surface area contributed by atoms with E-state index in [-0.39, 0.29) is 29.7 Å². The van der Waals surface area contributed by atoms with E-state index in [0.29, 0.717) is 18.5 Å². The van der Waals surface area contributed by atoms with Crippen LogP contribution in [0, 0.1) is 0 Å². The van der Waals surface area contributed by atoms with Gasteiger partial charge >= 0.3 is 0 Å². The van der Waals surface area contributed by atoms with Crippen molar-refractivity contribution in [2.45, 2.75) is 37.4 Å². The molecule has 7 heteroatoms. The minimum absolute atomic E-state index is 0.104. The second-order valence-corrected chi connectivity index (χ2v) is 7.43. The molecular formula is C18H20N4O3. The van der Waals surface area contributed by atoms with Gasteiger partial charge < -0.3 is 15.1 Å². The van der Waals surface area contributed by atoms with Gasteiger partial charge in [-0.3, -0.25) is 19.7 Å². The fourth-order valence-corrected chi connectivity index (χ4v) is 4.52. The van der Waals surface area contributed by atoms with E-state index in [1.165, 1.54) is 6.42 Å². The topological polar surface area (TPSA) is 81.8 Å². The molecule has 5 rings (SSSR count). The zero-order valence-corrected chi connectivity index (χ0v) is 13.9. The molecule has 25 heavy (non-hydrogen) atoms. The van der Waals surface area contributed by atoms with Gasteiger partial charge in [-0.25, -0.2) is 0 Å². The number of nitrogens with zero attached hydrogens (tertiary/aromatic N) is 2. The van der Waals surface area contributed by atoms with E-state index in [1.54, 1.807) is 4.90 Å². The van der Waals surface area contributed by atoms with Gasteiger partial charge in [0.2, 0.25) is 11.8 Å². The van der Waals surface area contributed by atoms with E-state index in [1.807, 2.05) is 12.1 Å². The predicted molar refractivity (Wildman–Crippen MR) is 90.1 cm³/mol. The maximum absolute atomic E-state index is 12.9. The number of fused-ring (bicyclic) bond motifs is 1. The molecule has 0 bridgehead atoms. The quantitative estimate of drug-likeness (QED) is 0.741. The molecule has 0 unspecified atom stereocenters. The van der Waals surface area contributed by atoms with Gasteiger partial charge in [-0.1, -0.05) is 6.07 Å². The fraction of sp³-hybridized carbons (Fsp3) is 0.500. The Kier molecular flexibility index (Phi) is 3.01. The van der Waals surface area contributed by atoms with Crippen molar-refractivity contribution in [3.63, 3.8) is 0 Å². The molecule has 1 atom stereocenters. The van der Waals surface area contributed by atoms with Crippen molar-refractivity contribution >= 4 is 23.4 Å². The number of imide groups is 1. The van der Waals surface area contributed by atoms with Gasteiger partial charge in [-0.2, -0.15) is 0 Å². The Morgan fingerprint density at radius 2 is 2.00 bits per heavy atom. The molecule has 3 amide bonds. The van der Waals surface area contributed by atoms with E-state index in [9.17, 15) is 14.4 Å². The average Bonchev–Trinajstić information content (AvgIpc) is 2.83. The molecule has 4 heterocycles. The summed E-state index contributed by atoms with van der Waals surface area (Å²) in [6, 6.07) is 5.30. The first-order valence-electron chi connectivity index (χ1n) is 8.84. The van der Waals surface area contributed by atoms with E-state index >= 15 is 0 Å². The van der Waals surface area contributed by atoms with Gasteiger partial charge in [0.1, 0.15) is 6.04 Å². The molecule has 1 aromatic carbocycles. The van der Waals surface area contributed by atoms with Gasteiger partial charge in [-0.05, 0) is 25.0 Å². The van der Waals surface area contributed by atoms with Crippen LogP contribution < -0.4 is 15.5 Å². The van der Waals surface area contributed by atoms with Crippen molar-refractivity contribution in [2.24, 2.45) is 0 Å². The van der Waals surface area contributed by atoms with Gasteiger partial charge in [-0.15, -0.1) is 0 Å². The third kappa shape index (κ3) is 1.99. The van der Waals surface area contributed by atoms with Crippen LogP contribution in [0.5, 0.6) is 0 Å². The van der Waals surface area contributed by atoms with E-state index in [2.05, 4.69) is 21.6 Å². The lowest BCUT2D eigenvalue weighted by molar-refractivity contribution is -0.136. The number of rotatable bonds is 2. The van der Waals surface area contributed by atoms with Crippen LogP contribution in [0.2, 0.25) is 0 Å². The summed E-state index contributed by atoms with van der Waals surface area (Å²) < 4.78 is 0. The van der Waals surface area contributed by atoms with Crippen LogP contribution in [0.3, 0.4) is 0 Å². The maximum atomic E-state index is 12.9. The number of carbonyl (C=O) groups is 3. The van der Waals surface area contributed by atoms with Gasteiger partial charge in [0, 0.05) is 49.4 Å². The van der Waals surface area contributed by atoms with Crippen LogP contribution >= 0.6 is 0 Å². The molecule has 0 radical (unpaired) electrons. The number of carbonyl (C=O) groups excluding carboxylic acids is 3. The van der Waals surface area contributed by atoms with Crippen LogP contribution in [0.4, 0.5) is 5.69 Å². The average molecular weight is 340 g/mol. The lowest BCUT2D eigenvalue weighted by Crippen LogP contribution is -2.76. The molecule has 130 valence electrons. The molecule has 7 nitrogen and oxygen atoms in total. The highest BCUT2D eigenvalue weighted by molar-refractivity contribution is 6.06. The zero-order chi connectivity index (χ0) is 17.2. The lowest BCUT2D eigenvalue weighted by atomic mass is 9.78. The summed E-state index contributed by atoms with van der Waals surface area (Å²) in [5.74, 6) is -0.721. The highest BCUT2D eigenvalue weighted by Gasteiger charge is 2.51. The summed E-state index contributed by atoms with van der Waals surface area (Å²) in [6.45, 7) is 3.42. The second-order valence-electron chi connectivity index (χ2n) is 7.43. The minimum Gasteiger partial charge on any atom is -0.363 e. The molecule has 4 aliphatic rings. The van der Waals surface area contributed by atoms with Crippen molar-refractivity contribution in [3.8, 4) is 0 Å². The fourth-order valence-electron chi connectivity index (χ4n) is 4.52. The van der Waals surface area contributed by atoms with Gasteiger partial charge in [0.05, 0.1) is 5.54 Å². The molecular weight excluding hydrogens is 320 g/mol. The van der Waals surface area contributed by atoms with Crippen LogP contribution in [0.1, 0.15) is 35.2 Å². The summed E-state index contributed by atoms with van der Waals surface area (Å²) >= 11 is 0. The Hall–Kier alpha value is -2.41. The number of benzene rings is 1. The third-order valence-electron chi connectivity index (χ3n) is 6.13. The van der Waals surface area contributed by atoms with Crippen molar-refractivity contribution in [3.05, 3.63) is 29.3 Å². The van der Waals surface area contributed by atoms with Crippen LogP contribution in [0.15, 0.2) is 18.2 Å². The SMILES string of the molecule is O=C1CC[C@@H](N2Cc3c(cccc3N3CCC34CNC4)C2=O)C(=O)N1. The molecule has 0 saturated carbocycles. The number of hydrogen-bond donors (Lipinski definition) is 2. The molecule has 3 saturated heterocycles. The van der Waals surface area contributed by atoms with Gasteiger partial charge in [0.15, 0.2) is 0 Å². The molecule has 0 aromatic heterocycles. The second kappa shape index (κ2) is 5.05. The number of nitrogens with one attached hydrogen (secondary N) is 2. The number of hydrogen-bond acceptors (Lipinski definition) is 5. The Morgan fingerprint density at radius 3 is 2.64 bits per heavy atom. The zero-order valence-electron chi connectivity index (χ0n) is 13.9. The number of piperidine rings is 1. The first kappa shape index (κ1) is 14.9. The monoisotopic (exact) mass is 340 g/mol. The van der Waals surface area contributed by atoms with Crippen LogP contribution in [-0.4, -0.2) is 53.8 Å². The van der Waals surface area contributed by atoms with E-state index < -0.39 is 6.04 Å². The Labute approximate surface area is 145 Å². The molecule has 3 fully saturated rings. The van der Waals surface area contributed by atoms with Gasteiger partial charge in [0.25, 0.3) is 5.91 Å². The van der Waals surface area contributed by atoms with Crippen LogP contribution in [0.25, 0.3) is 0 Å². The first-order chi connectivity index (χ1) is 12.1. The molecule has 4 aliphatic heterocycles. The first-order valence-corrected chi connectivity index (χ1v) is 8.84. The summed E-state index contributed by atoms with van der Waals surface area (Å²) in [6.07, 6.45) is 1.86. The lowest BCUT2D eigenvalue weighted by Gasteiger charge is -2.60. The highest BCUT2D eigenvalue weighted by atomic mass is 16.2. The predicted octanol–water partition coefficient (Wildman–Crippen LogP) is -0.000300. The highest BCUT2D eigenvalue weighted by Crippen LogP contribution is 2.43.